The Balaban J connectivity index is 2.13. The zero-order valence-electron chi connectivity index (χ0n) is 11.4. The Hall–Kier alpha value is -0.450. The predicted molar refractivity (Wildman–Crippen MR) is 80.5 cm³/mol. The molecule has 2 nitrogen and oxygen atoms in total. The van der Waals surface area contributed by atoms with E-state index in [1.807, 2.05) is 6.07 Å². The fraction of sp³-hybridized carbons (Fsp3) is 0.600. The molecule has 1 unspecified atom stereocenters. The molecular formula is C15H22BrFN2. The SMILES string of the molecule is CCN(CC1CCC1)C(CN)c1ccc(Br)c(F)c1. The second kappa shape index (κ2) is 6.82. The van der Waals surface area contributed by atoms with E-state index in [-0.39, 0.29) is 11.9 Å². The van der Waals surface area contributed by atoms with Gasteiger partial charge in [-0.15, -0.1) is 0 Å². The lowest BCUT2D eigenvalue weighted by Crippen LogP contribution is -2.38. The van der Waals surface area contributed by atoms with Crippen LogP contribution in [0.2, 0.25) is 0 Å². The molecule has 1 aromatic carbocycles. The van der Waals surface area contributed by atoms with Gasteiger partial charge in [-0.3, -0.25) is 4.90 Å². The van der Waals surface area contributed by atoms with E-state index in [2.05, 4.69) is 27.8 Å². The fourth-order valence-corrected chi connectivity index (χ4v) is 2.95. The van der Waals surface area contributed by atoms with Gasteiger partial charge in [0.1, 0.15) is 5.82 Å². The lowest BCUT2D eigenvalue weighted by molar-refractivity contribution is 0.141. The van der Waals surface area contributed by atoms with Gasteiger partial charge in [-0.05, 0) is 58.9 Å². The summed E-state index contributed by atoms with van der Waals surface area (Å²) in [5, 5.41) is 0. The third kappa shape index (κ3) is 3.56. The van der Waals surface area contributed by atoms with E-state index in [1.54, 1.807) is 12.1 Å². The maximum atomic E-state index is 13.7. The molecule has 0 heterocycles. The standard InChI is InChI=1S/C15H22BrFN2/c1-2-19(10-11-4-3-5-11)15(9-18)12-6-7-13(16)14(17)8-12/h6-8,11,15H,2-5,9-10,18H2,1H3. The molecule has 0 spiro atoms. The monoisotopic (exact) mass is 328 g/mol. The molecule has 1 fully saturated rings. The molecule has 0 saturated heterocycles. The van der Waals surface area contributed by atoms with Gasteiger partial charge in [0, 0.05) is 19.1 Å². The van der Waals surface area contributed by atoms with Crippen molar-refractivity contribution in [3.05, 3.63) is 34.1 Å². The van der Waals surface area contributed by atoms with Crippen molar-refractivity contribution in [2.45, 2.75) is 32.2 Å². The van der Waals surface area contributed by atoms with Crippen molar-refractivity contribution < 1.29 is 4.39 Å². The summed E-state index contributed by atoms with van der Waals surface area (Å²) in [6.07, 6.45) is 3.99. The van der Waals surface area contributed by atoms with Crippen LogP contribution in [0.1, 0.15) is 37.8 Å². The first-order valence-corrected chi connectivity index (χ1v) is 7.84. The Kier molecular flexibility index (Phi) is 5.37. The van der Waals surface area contributed by atoms with Crippen LogP contribution in [0, 0.1) is 11.7 Å². The lowest BCUT2D eigenvalue weighted by atomic mass is 9.84. The molecule has 0 aliphatic heterocycles. The second-order valence-corrected chi connectivity index (χ2v) is 6.16. The van der Waals surface area contributed by atoms with Crippen LogP contribution in [0.25, 0.3) is 0 Å². The fourth-order valence-electron chi connectivity index (χ4n) is 2.70. The minimum Gasteiger partial charge on any atom is -0.329 e. The number of rotatable bonds is 6. The van der Waals surface area contributed by atoms with Gasteiger partial charge in [0.15, 0.2) is 0 Å². The minimum atomic E-state index is -0.212. The molecule has 1 aliphatic carbocycles. The maximum Gasteiger partial charge on any atom is 0.137 e. The third-order valence-electron chi connectivity index (χ3n) is 4.12. The molecule has 0 radical (unpaired) electrons. The molecule has 1 atom stereocenters. The van der Waals surface area contributed by atoms with Crippen molar-refractivity contribution in [3.8, 4) is 0 Å². The van der Waals surface area contributed by atoms with E-state index in [0.717, 1.165) is 24.6 Å². The van der Waals surface area contributed by atoms with Gasteiger partial charge < -0.3 is 5.73 Å². The van der Waals surface area contributed by atoms with E-state index >= 15 is 0 Å². The van der Waals surface area contributed by atoms with Crippen molar-refractivity contribution in [1.82, 2.24) is 4.90 Å². The van der Waals surface area contributed by atoms with Crippen molar-refractivity contribution in [2.75, 3.05) is 19.6 Å². The molecule has 0 amide bonds. The van der Waals surface area contributed by atoms with Crippen LogP contribution in [0.15, 0.2) is 22.7 Å². The first-order valence-electron chi connectivity index (χ1n) is 7.04. The quantitative estimate of drug-likeness (QED) is 0.862. The van der Waals surface area contributed by atoms with Gasteiger partial charge in [0.05, 0.1) is 4.47 Å². The summed E-state index contributed by atoms with van der Waals surface area (Å²) in [7, 11) is 0. The third-order valence-corrected chi connectivity index (χ3v) is 4.76. The first-order chi connectivity index (χ1) is 9.15. The smallest absolute Gasteiger partial charge is 0.137 e. The van der Waals surface area contributed by atoms with E-state index in [0.29, 0.717) is 11.0 Å². The molecule has 19 heavy (non-hydrogen) atoms. The van der Waals surface area contributed by atoms with Crippen molar-refractivity contribution in [1.29, 1.82) is 0 Å². The van der Waals surface area contributed by atoms with Crippen molar-refractivity contribution in [3.63, 3.8) is 0 Å². The molecule has 1 aromatic rings. The topological polar surface area (TPSA) is 29.3 Å². The molecule has 4 heteroatoms. The van der Waals surface area contributed by atoms with E-state index in [4.69, 9.17) is 5.73 Å². The van der Waals surface area contributed by atoms with Gasteiger partial charge in [-0.1, -0.05) is 19.4 Å². The number of nitrogens with two attached hydrogens (primary N) is 1. The van der Waals surface area contributed by atoms with Crippen molar-refractivity contribution >= 4 is 15.9 Å². The molecule has 1 saturated carbocycles. The van der Waals surface area contributed by atoms with Gasteiger partial charge in [-0.25, -0.2) is 4.39 Å². The average molecular weight is 329 g/mol. The summed E-state index contributed by atoms with van der Waals surface area (Å²) < 4.78 is 14.2. The number of hydrogen-bond acceptors (Lipinski definition) is 2. The molecule has 0 aromatic heterocycles. The summed E-state index contributed by atoms with van der Waals surface area (Å²) in [4.78, 5) is 2.38. The Bertz CT molecular complexity index is 421. The van der Waals surface area contributed by atoms with Crippen LogP contribution in [0.4, 0.5) is 4.39 Å². The normalized spacial score (nSPS) is 17.5. The largest absolute Gasteiger partial charge is 0.329 e. The average Bonchev–Trinajstić information content (AvgIpc) is 2.36. The number of benzene rings is 1. The number of hydrogen-bond donors (Lipinski definition) is 1. The minimum absolute atomic E-state index is 0.119. The lowest BCUT2D eigenvalue weighted by Gasteiger charge is -2.36. The first kappa shape index (κ1) is 14.9. The van der Waals surface area contributed by atoms with Crippen LogP contribution >= 0.6 is 15.9 Å². The molecule has 106 valence electrons. The van der Waals surface area contributed by atoms with Gasteiger partial charge in [-0.2, -0.15) is 0 Å². The Morgan fingerprint density at radius 1 is 1.47 bits per heavy atom. The summed E-state index contributed by atoms with van der Waals surface area (Å²) in [5.41, 5.74) is 6.91. The van der Waals surface area contributed by atoms with E-state index < -0.39 is 0 Å². The second-order valence-electron chi connectivity index (χ2n) is 5.31. The van der Waals surface area contributed by atoms with Crippen molar-refractivity contribution in [2.24, 2.45) is 11.7 Å². The molecule has 0 bridgehead atoms. The summed E-state index contributed by atoms with van der Waals surface area (Å²) in [5.74, 6) is 0.588. The van der Waals surface area contributed by atoms with Gasteiger partial charge >= 0.3 is 0 Å². The van der Waals surface area contributed by atoms with Crippen LogP contribution in [-0.4, -0.2) is 24.5 Å². The highest BCUT2D eigenvalue weighted by Gasteiger charge is 2.25. The predicted octanol–water partition coefficient (Wildman–Crippen LogP) is 3.71. The van der Waals surface area contributed by atoms with Crippen LogP contribution in [0.5, 0.6) is 0 Å². The van der Waals surface area contributed by atoms with Crippen LogP contribution in [0.3, 0.4) is 0 Å². The molecule has 2 rings (SSSR count). The van der Waals surface area contributed by atoms with Crippen LogP contribution in [-0.2, 0) is 0 Å². The van der Waals surface area contributed by atoms with E-state index in [9.17, 15) is 4.39 Å². The highest BCUT2D eigenvalue weighted by atomic mass is 79.9. The highest BCUT2D eigenvalue weighted by molar-refractivity contribution is 9.10. The summed E-state index contributed by atoms with van der Waals surface area (Å²) in [6, 6.07) is 5.46. The molecule has 2 N–H and O–H groups in total. The zero-order chi connectivity index (χ0) is 13.8. The van der Waals surface area contributed by atoms with E-state index in [1.165, 1.54) is 19.3 Å². The Labute approximate surface area is 123 Å². The number of halogens is 2. The Morgan fingerprint density at radius 2 is 2.21 bits per heavy atom. The van der Waals surface area contributed by atoms with Crippen LogP contribution < -0.4 is 5.73 Å². The highest BCUT2D eigenvalue weighted by Crippen LogP contribution is 2.31. The maximum absolute atomic E-state index is 13.7. The number of nitrogens with zero attached hydrogens (tertiary/aromatic N) is 1. The number of likely N-dealkylation sites (N-methyl/N-ethyl adjacent to an activating group) is 1. The summed E-state index contributed by atoms with van der Waals surface area (Å²) in [6.45, 7) is 4.71. The zero-order valence-corrected chi connectivity index (χ0v) is 13.0. The van der Waals surface area contributed by atoms with Gasteiger partial charge in [0.2, 0.25) is 0 Å². The Morgan fingerprint density at radius 3 is 2.68 bits per heavy atom. The summed E-state index contributed by atoms with van der Waals surface area (Å²) >= 11 is 3.20. The molecular weight excluding hydrogens is 307 g/mol. The molecule has 1 aliphatic rings. The van der Waals surface area contributed by atoms with Gasteiger partial charge in [0.25, 0.3) is 0 Å².